The highest BCUT2D eigenvalue weighted by molar-refractivity contribution is 7.80. The average Bonchev–Trinajstić information content (AvgIpc) is 2.93. The van der Waals surface area contributed by atoms with Gasteiger partial charge >= 0.3 is 0 Å². The molecule has 0 spiro atoms. The highest BCUT2D eigenvalue weighted by Gasteiger charge is 2.12. The Kier molecular flexibility index (Phi) is 3.76. The number of rotatable bonds is 3. The van der Waals surface area contributed by atoms with Crippen molar-refractivity contribution in [1.82, 2.24) is 0 Å². The van der Waals surface area contributed by atoms with Crippen LogP contribution in [0.3, 0.4) is 0 Å². The van der Waals surface area contributed by atoms with Crippen LogP contribution in [0.5, 0.6) is 0 Å². The summed E-state index contributed by atoms with van der Waals surface area (Å²) in [6, 6.07) is 16.2. The highest BCUT2D eigenvalue weighted by atomic mass is 32.1. The summed E-state index contributed by atoms with van der Waals surface area (Å²) in [7, 11) is 0. The van der Waals surface area contributed by atoms with Gasteiger partial charge in [-0.25, -0.2) is 0 Å². The van der Waals surface area contributed by atoms with Gasteiger partial charge in [0, 0.05) is 16.8 Å². The number of amides is 1. The molecule has 22 heavy (non-hydrogen) atoms. The van der Waals surface area contributed by atoms with Gasteiger partial charge in [0.15, 0.2) is 10.9 Å². The molecule has 1 heterocycles. The van der Waals surface area contributed by atoms with Crippen LogP contribution in [0.1, 0.15) is 10.6 Å². The summed E-state index contributed by atoms with van der Waals surface area (Å²) in [6.45, 7) is 0. The van der Waals surface area contributed by atoms with E-state index in [1.807, 2.05) is 24.3 Å². The monoisotopic (exact) mass is 311 g/mol. The number of nitrogens with one attached hydrogen (secondary N) is 2. The van der Waals surface area contributed by atoms with E-state index in [0.717, 1.165) is 11.1 Å². The number of carbonyl (C=O) groups excluding carboxylic acids is 1. The molecule has 3 rings (SSSR count). The van der Waals surface area contributed by atoms with Crippen LogP contribution in [0.15, 0.2) is 59.0 Å². The molecular weight excluding hydrogens is 298 g/mol. The van der Waals surface area contributed by atoms with Crippen LogP contribution in [0.4, 0.5) is 11.4 Å². The molecule has 6 heteroatoms. The van der Waals surface area contributed by atoms with Crippen LogP contribution in [0.2, 0.25) is 0 Å². The molecule has 1 aromatic heterocycles. The third-order valence-electron chi connectivity index (χ3n) is 3.06. The van der Waals surface area contributed by atoms with Gasteiger partial charge in [0.2, 0.25) is 0 Å². The van der Waals surface area contributed by atoms with E-state index in [-0.39, 0.29) is 16.8 Å². The normalized spacial score (nSPS) is 10.4. The minimum Gasteiger partial charge on any atom is -0.451 e. The van der Waals surface area contributed by atoms with Gasteiger partial charge in [-0.05, 0) is 48.6 Å². The van der Waals surface area contributed by atoms with E-state index in [0.29, 0.717) is 11.3 Å². The molecule has 0 saturated heterocycles. The van der Waals surface area contributed by atoms with Gasteiger partial charge in [0.25, 0.3) is 5.91 Å². The molecule has 5 nitrogen and oxygen atoms in total. The van der Waals surface area contributed by atoms with E-state index in [1.165, 1.54) is 0 Å². The van der Waals surface area contributed by atoms with Crippen molar-refractivity contribution in [2.75, 3.05) is 10.6 Å². The number of carbonyl (C=O) groups is 1. The molecule has 0 aliphatic carbocycles. The number of hydrogen-bond acceptors (Lipinski definition) is 3. The summed E-state index contributed by atoms with van der Waals surface area (Å²) in [5, 5.41) is 6.67. The number of nitrogens with two attached hydrogens (primary N) is 1. The molecule has 0 atom stereocenters. The van der Waals surface area contributed by atoms with E-state index >= 15 is 0 Å². The number of para-hydroxylation sites is 1. The molecule has 3 aromatic rings. The Morgan fingerprint density at radius 3 is 2.27 bits per heavy atom. The van der Waals surface area contributed by atoms with Crippen molar-refractivity contribution in [2.45, 2.75) is 0 Å². The zero-order valence-corrected chi connectivity index (χ0v) is 12.3. The van der Waals surface area contributed by atoms with E-state index in [9.17, 15) is 4.79 Å². The van der Waals surface area contributed by atoms with Gasteiger partial charge in [0.05, 0.1) is 0 Å². The summed E-state index contributed by atoms with van der Waals surface area (Å²) in [5.41, 5.74) is 7.49. The molecule has 0 fully saturated rings. The lowest BCUT2D eigenvalue weighted by Gasteiger charge is -2.06. The highest BCUT2D eigenvalue weighted by Crippen LogP contribution is 2.20. The van der Waals surface area contributed by atoms with Crippen molar-refractivity contribution < 1.29 is 9.21 Å². The summed E-state index contributed by atoms with van der Waals surface area (Å²) in [5.74, 6) is -0.0298. The third-order valence-corrected chi connectivity index (χ3v) is 3.16. The fraction of sp³-hybridized carbons (Fsp3) is 0. The van der Waals surface area contributed by atoms with Gasteiger partial charge in [-0.1, -0.05) is 18.2 Å². The zero-order chi connectivity index (χ0) is 15.5. The first-order valence-corrected chi connectivity index (χ1v) is 6.99. The van der Waals surface area contributed by atoms with Crippen LogP contribution < -0.4 is 16.4 Å². The number of hydrogen-bond donors (Lipinski definition) is 3. The van der Waals surface area contributed by atoms with Gasteiger partial charge in [0.1, 0.15) is 5.58 Å². The number of furan rings is 1. The molecule has 2 aromatic carbocycles. The number of anilines is 2. The fourth-order valence-electron chi connectivity index (χ4n) is 2.07. The summed E-state index contributed by atoms with van der Waals surface area (Å²) in [4.78, 5) is 12.2. The van der Waals surface area contributed by atoms with Crippen LogP contribution in [-0.2, 0) is 0 Å². The van der Waals surface area contributed by atoms with Gasteiger partial charge < -0.3 is 20.8 Å². The Labute approximate surface area is 132 Å². The molecule has 0 radical (unpaired) electrons. The quantitative estimate of drug-likeness (QED) is 0.646. The molecule has 110 valence electrons. The number of thiocarbonyl (C=S) groups is 1. The molecule has 0 aliphatic heterocycles. The predicted octanol–water partition coefficient (Wildman–Crippen LogP) is 3.34. The SMILES string of the molecule is NC(=S)Nc1ccc(NC(=O)c2cc3ccccc3o2)cc1. The van der Waals surface area contributed by atoms with Crippen molar-refractivity contribution in [3.8, 4) is 0 Å². The van der Waals surface area contributed by atoms with Gasteiger partial charge in [-0.3, -0.25) is 4.79 Å². The standard InChI is InChI=1S/C16H13N3O2S/c17-16(22)19-12-7-5-11(6-8-12)18-15(20)14-9-10-3-1-2-4-13(10)21-14/h1-9H,(H,18,20)(H3,17,19,22). The van der Waals surface area contributed by atoms with Gasteiger partial charge in [-0.2, -0.15) is 0 Å². The minimum absolute atomic E-state index is 0.194. The summed E-state index contributed by atoms with van der Waals surface area (Å²) >= 11 is 4.76. The lowest BCUT2D eigenvalue weighted by Crippen LogP contribution is -2.18. The van der Waals surface area contributed by atoms with E-state index < -0.39 is 0 Å². The third kappa shape index (κ3) is 3.07. The largest absolute Gasteiger partial charge is 0.451 e. The Bertz CT molecular complexity index is 807. The topological polar surface area (TPSA) is 80.3 Å². The second-order valence-electron chi connectivity index (χ2n) is 4.67. The maximum Gasteiger partial charge on any atom is 0.291 e. The maximum absolute atomic E-state index is 12.2. The maximum atomic E-state index is 12.2. The molecule has 4 N–H and O–H groups in total. The van der Waals surface area contributed by atoms with Crippen molar-refractivity contribution in [3.05, 3.63) is 60.4 Å². The molecule has 0 bridgehead atoms. The lowest BCUT2D eigenvalue weighted by atomic mass is 10.2. The van der Waals surface area contributed by atoms with Crippen molar-refractivity contribution in [2.24, 2.45) is 5.73 Å². The van der Waals surface area contributed by atoms with E-state index in [2.05, 4.69) is 10.6 Å². The second-order valence-corrected chi connectivity index (χ2v) is 5.11. The van der Waals surface area contributed by atoms with Crippen LogP contribution in [0, 0.1) is 0 Å². The molecule has 0 aliphatic rings. The summed E-state index contributed by atoms with van der Waals surface area (Å²) in [6.07, 6.45) is 0. The Hall–Kier alpha value is -2.86. The first-order valence-electron chi connectivity index (χ1n) is 6.58. The van der Waals surface area contributed by atoms with Crippen molar-refractivity contribution >= 4 is 45.6 Å². The smallest absolute Gasteiger partial charge is 0.291 e. The van der Waals surface area contributed by atoms with Gasteiger partial charge in [-0.15, -0.1) is 0 Å². The fourth-order valence-corrected chi connectivity index (χ4v) is 2.18. The van der Waals surface area contributed by atoms with Crippen molar-refractivity contribution in [3.63, 3.8) is 0 Å². The molecule has 0 unspecified atom stereocenters. The van der Waals surface area contributed by atoms with E-state index in [4.69, 9.17) is 22.4 Å². The first kappa shape index (κ1) is 14.1. The first-order chi connectivity index (χ1) is 10.6. The van der Waals surface area contributed by atoms with Crippen molar-refractivity contribution in [1.29, 1.82) is 0 Å². The van der Waals surface area contributed by atoms with E-state index in [1.54, 1.807) is 30.3 Å². The van der Waals surface area contributed by atoms with Crippen LogP contribution in [0.25, 0.3) is 11.0 Å². The molecule has 1 amide bonds. The molecular formula is C16H13N3O2S. The molecule has 0 saturated carbocycles. The number of benzene rings is 2. The van der Waals surface area contributed by atoms with Crippen LogP contribution in [-0.4, -0.2) is 11.0 Å². The van der Waals surface area contributed by atoms with Crippen LogP contribution >= 0.6 is 12.2 Å². The average molecular weight is 311 g/mol. The zero-order valence-electron chi connectivity index (χ0n) is 11.5. The lowest BCUT2D eigenvalue weighted by molar-refractivity contribution is 0.0998. The summed E-state index contributed by atoms with van der Waals surface area (Å²) < 4.78 is 5.52. The number of fused-ring (bicyclic) bond motifs is 1. The second kappa shape index (κ2) is 5.87. The Morgan fingerprint density at radius 2 is 1.64 bits per heavy atom. The predicted molar refractivity (Wildman–Crippen MR) is 91.0 cm³/mol. The Balaban J connectivity index is 1.74. The minimum atomic E-state index is -0.300. The Morgan fingerprint density at radius 1 is 1.00 bits per heavy atom.